The van der Waals surface area contributed by atoms with Crippen molar-refractivity contribution in [2.75, 3.05) is 19.8 Å². The van der Waals surface area contributed by atoms with E-state index in [2.05, 4.69) is 21.2 Å². The van der Waals surface area contributed by atoms with Crippen molar-refractivity contribution in [2.45, 2.75) is 25.0 Å². The Hall–Kier alpha value is -0.620. The SMILES string of the molecule is CC(O)(CO)CNC1CCOc2ccc(Br)cc21. The van der Waals surface area contributed by atoms with E-state index in [4.69, 9.17) is 9.84 Å². The second-order valence-electron chi connectivity index (χ2n) is 4.91. The van der Waals surface area contributed by atoms with Gasteiger partial charge in [0.05, 0.1) is 18.8 Å². The Morgan fingerprint density at radius 1 is 1.56 bits per heavy atom. The fraction of sp³-hybridized carbons (Fsp3) is 0.538. The van der Waals surface area contributed by atoms with E-state index in [0.717, 1.165) is 22.2 Å². The minimum Gasteiger partial charge on any atom is -0.493 e. The first-order chi connectivity index (χ1) is 8.52. The highest BCUT2D eigenvalue weighted by atomic mass is 79.9. The summed E-state index contributed by atoms with van der Waals surface area (Å²) in [4.78, 5) is 0. The molecular formula is C13H18BrNO3. The normalized spacial score (nSPS) is 21.9. The first-order valence-electron chi connectivity index (χ1n) is 6.01. The second kappa shape index (κ2) is 5.57. The van der Waals surface area contributed by atoms with E-state index >= 15 is 0 Å². The number of hydrogen-bond donors (Lipinski definition) is 3. The molecule has 0 aliphatic carbocycles. The Bertz CT molecular complexity index is 423. The van der Waals surface area contributed by atoms with Gasteiger partial charge in [-0.1, -0.05) is 15.9 Å². The van der Waals surface area contributed by atoms with Crippen LogP contribution in [0.2, 0.25) is 0 Å². The molecule has 0 radical (unpaired) electrons. The van der Waals surface area contributed by atoms with E-state index in [1.54, 1.807) is 6.92 Å². The van der Waals surface area contributed by atoms with E-state index in [1.807, 2.05) is 18.2 Å². The highest BCUT2D eigenvalue weighted by Crippen LogP contribution is 2.34. The van der Waals surface area contributed by atoms with Crippen LogP contribution in [0.4, 0.5) is 0 Å². The third-order valence-electron chi connectivity index (χ3n) is 3.08. The van der Waals surface area contributed by atoms with Crippen LogP contribution in [0.5, 0.6) is 5.75 Å². The van der Waals surface area contributed by atoms with Gasteiger partial charge in [0, 0.05) is 29.0 Å². The number of aliphatic hydroxyl groups is 2. The van der Waals surface area contributed by atoms with Crippen LogP contribution in [0, 0.1) is 0 Å². The molecule has 100 valence electrons. The summed E-state index contributed by atoms with van der Waals surface area (Å²) in [7, 11) is 0. The summed E-state index contributed by atoms with van der Waals surface area (Å²) < 4.78 is 6.60. The number of halogens is 1. The highest BCUT2D eigenvalue weighted by molar-refractivity contribution is 9.10. The van der Waals surface area contributed by atoms with Crippen LogP contribution in [-0.2, 0) is 0 Å². The topological polar surface area (TPSA) is 61.7 Å². The molecule has 1 aliphatic rings. The van der Waals surface area contributed by atoms with Crippen LogP contribution in [-0.4, -0.2) is 35.6 Å². The predicted octanol–water partition coefficient (Wildman–Crippen LogP) is 1.61. The van der Waals surface area contributed by atoms with Gasteiger partial charge >= 0.3 is 0 Å². The lowest BCUT2D eigenvalue weighted by Gasteiger charge is -2.30. The average molecular weight is 316 g/mol. The number of nitrogens with one attached hydrogen (secondary N) is 1. The Balaban J connectivity index is 2.10. The Kier molecular flexibility index (Phi) is 4.27. The molecule has 0 aromatic heterocycles. The van der Waals surface area contributed by atoms with Gasteiger partial charge in [-0.25, -0.2) is 0 Å². The number of ether oxygens (including phenoxy) is 1. The lowest BCUT2D eigenvalue weighted by Crippen LogP contribution is -2.43. The molecular weight excluding hydrogens is 298 g/mol. The summed E-state index contributed by atoms with van der Waals surface area (Å²) in [5.41, 5.74) is -0.00540. The van der Waals surface area contributed by atoms with Gasteiger partial charge in [-0.2, -0.15) is 0 Å². The van der Waals surface area contributed by atoms with Gasteiger partial charge in [0.25, 0.3) is 0 Å². The number of aliphatic hydroxyl groups excluding tert-OH is 1. The molecule has 1 heterocycles. The largest absolute Gasteiger partial charge is 0.493 e. The van der Waals surface area contributed by atoms with Crippen molar-refractivity contribution < 1.29 is 14.9 Å². The zero-order valence-corrected chi connectivity index (χ0v) is 11.9. The van der Waals surface area contributed by atoms with Crippen molar-refractivity contribution in [2.24, 2.45) is 0 Å². The zero-order valence-electron chi connectivity index (χ0n) is 10.3. The molecule has 2 atom stereocenters. The molecule has 2 unspecified atom stereocenters. The summed E-state index contributed by atoms with van der Waals surface area (Å²) in [6, 6.07) is 6.06. The molecule has 0 amide bonds. The fourth-order valence-corrected chi connectivity index (χ4v) is 2.36. The minimum atomic E-state index is -1.09. The highest BCUT2D eigenvalue weighted by Gasteiger charge is 2.25. The van der Waals surface area contributed by atoms with E-state index in [9.17, 15) is 5.11 Å². The quantitative estimate of drug-likeness (QED) is 0.790. The van der Waals surface area contributed by atoms with Crippen LogP contribution in [0.15, 0.2) is 22.7 Å². The maximum absolute atomic E-state index is 9.80. The van der Waals surface area contributed by atoms with Gasteiger partial charge in [-0.15, -0.1) is 0 Å². The molecule has 0 fully saturated rings. The van der Waals surface area contributed by atoms with Crippen molar-refractivity contribution in [1.29, 1.82) is 0 Å². The monoisotopic (exact) mass is 315 g/mol. The summed E-state index contributed by atoms with van der Waals surface area (Å²) in [6.07, 6.45) is 0.852. The number of hydrogen-bond acceptors (Lipinski definition) is 4. The zero-order chi connectivity index (χ0) is 13.2. The Labute approximate surface area is 115 Å². The summed E-state index contributed by atoms with van der Waals surface area (Å²) in [5.74, 6) is 0.880. The van der Waals surface area contributed by atoms with E-state index < -0.39 is 5.60 Å². The number of benzene rings is 1. The molecule has 1 aromatic carbocycles. The summed E-state index contributed by atoms with van der Waals surface area (Å²) in [5, 5.41) is 22.1. The maximum atomic E-state index is 9.80. The van der Waals surface area contributed by atoms with Crippen molar-refractivity contribution in [1.82, 2.24) is 5.32 Å². The van der Waals surface area contributed by atoms with Gasteiger partial charge in [0.2, 0.25) is 0 Å². The molecule has 5 heteroatoms. The van der Waals surface area contributed by atoms with Crippen LogP contribution in [0.3, 0.4) is 0 Å². The lowest BCUT2D eigenvalue weighted by atomic mass is 9.99. The molecule has 1 aromatic rings. The van der Waals surface area contributed by atoms with Gasteiger partial charge in [0.15, 0.2) is 0 Å². The summed E-state index contributed by atoms with van der Waals surface area (Å²) >= 11 is 3.45. The van der Waals surface area contributed by atoms with Gasteiger partial charge in [0.1, 0.15) is 5.75 Å². The number of rotatable bonds is 4. The van der Waals surface area contributed by atoms with Crippen molar-refractivity contribution in [3.05, 3.63) is 28.2 Å². The van der Waals surface area contributed by atoms with Crippen LogP contribution in [0.1, 0.15) is 24.9 Å². The molecule has 1 aliphatic heterocycles. The molecule has 0 saturated heterocycles. The standard InChI is InChI=1S/C13H18BrNO3/c1-13(17,8-16)7-15-11-4-5-18-12-3-2-9(14)6-10(11)12/h2-3,6,11,15-17H,4-5,7-8H2,1H3. The van der Waals surface area contributed by atoms with E-state index in [-0.39, 0.29) is 12.6 Å². The minimum absolute atomic E-state index is 0.143. The van der Waals surface area contributed by atoms with Crippen LogP contribution >= 0.6 is 15.9 Å². The van der Waals surface area contributed by atoms with Gasteiger partial charge in [-0.3, -0.25) is 0 Å². The fourth-order valence-electron chi connectivity index (χ4n) is 1.98. The van der Waals surface area contributed by atoms with Crippen LogP contribution < -0.4 is 10.1 Å². The maximum Gasteiger partial charge on any atom is 0.124 e. The van der Waals surface area contributed by atoms with Crippen molar-refractivity contribution in [3.8, 4) is 5.75 Å². The molecule has 0 bridgehead atoms. The molecule has 3 N–H and O–H groups in total. The lowest BCUT2D eigenvalue weighted by molar-refractivity contribution is -0.000251. The molecule has 2 rings (SSSR count). The van der Waals surface area contributed by atoms with Crippen LogP contribution in [0.25, 0.3) is 0 Å². The van der Waals surface area contributed by atoms with E-state index in [1.165, 1.54) is 0 Å². The average Bonchev–Trinajstić information content (AvgIpc) is 2.36. The van der Waals surface area contributed by atoms with Gasteiger partial charge in [-0.05, 0) is 25.1 Å². The third kappa shape index (κ3) is 3.23. The molecule has 18 heavy (non-hydrogen) atoms. The van der Waals surface area contributed by atoms with E-state index in [0.29, 0.717) is 13.2 Å². The second-order valence-corrected chi connectivity index (χ2v) is 5.82. The first-order valence-corrected chi connectivity index (χ1v) is 6.80. The molecule has 0 saturated carbocycles. The Morgan fingerprint density at radius 2 is 2.33 bits per heavy atom. The Morgan fingerprint density at radius 3 is 3.06 bits per heavy atom. The molecule has 4 nitrogen and oxygen atoms in total. The van der Waals surface area contributed by atoms with Gasteiger partial charge < -0.3 is 20.3 Å². The number of fused-ring (bicyclic) bond motifs is 1. The van der Waals surface area contributed by atoms with Crippen molar-refractivity contribution >= 4 is 15.9 Å². The first kappa shape index (κ1) is 13.8. The van der Waals surface area contributed by atoms with Crippen molar-refractivity contribution in [3.63, 3.8) is 0 Å². The summed E-state index contributed by atoms with van der Waals surface area (Å²) in [6.45, 7) is 2.36. The molecule has 0 spiro atoms. The third-order valence-corrected chi connectivity index (χ3v) is 3.57. The predicted molar refractivity (Wildman–Crippen MR) is 72.7 cm³/mol. The smallest absolute Gasteiger partial charge is 0.124 e.